The standard InChI is InChI=1S/C25H21N5O4S/c1-15(31)26-21-9-4-3-8-20(21)23(33)27-18-7-5-6-17(14-18)22(32)28-25-30-29-24(35-25)16-10-12-19(34-2)13-11-16/h3-14H,1-2H3,(H,26,31)(H,27,33)(H,28,30,32). The van der Waals surface area contributed by atoms with Gasteiger partial charge in [0.1, 0.15) is 10.8 Å². The Labute approximate surface area is 205 Å². The van der Waals surface area contributed by atoms with Crippen molar-refractivity contribution in [2.45, 2.75) is 6.92 Å². The third kappa shape index (κ3) is 5.87. The summed E-state index contributed by atoms with van der Waals surface area (Å²) in [7, 11) is 1.60. The van der Waals surface area contributed by atoms with Crippen LogP contribution >= 0.6 is 11.3 Å². The highest BCUT2D eigenvalue weighted by molar-refractivity contribution is 7.18. The summed E-state index contributed by atoms with van der Waals surface area (Å²) < 4.78 is 5.16. The highest BCUT2D eigenvalue weighted by Gasteiger charge is 2.15. The molecule has 0 saturated heterocycles. The van der Waals surface area contributed by atoms with Gasteiger partial charge in [-0.3, -0.25) is 19.7 Å². The molecular weight excluding hydrogens is 466 g/mol. The van der Waals surface area contributed by atoms with Gasteiger partial charge in [0.15, 0.2) is 0 Å². The molecule has 176 valence electrons. The number of nitrogens with zero attached hydrogens (tertiary/aromatic N) is 2. The molecule has 35 heavy (non-hydrogen) atoms. The lowest BCUT2D eigenvalue weighted by atomic mass is 10.1. The first-order valence-electron chi connectivity index (χ1n) is 10.5. The third-order valence-electron chi connectivity index (χ3n) is 4.85. The summed E-state index contributed by atoms with van der Waals surface area (Å²) in [5, 5.41) is 17.3. The molecule has 0 saturated carbocycles. The second-order valence-electron chi connectivity index (χ2n) is 7.36. The van der Waals surface area contributed by atoms with E-state index in [9.17, 15) is 14.4 Å². The maximum absolute atomic E-state index is 12.8. The molecule has 3 aromatic carbocycles. The zero-order valence-corrected chi connectivity index (χ0v) is 19.7. The number of benzene rings is 3. The van der Waals surface area contributed by atoms with E-state index in [4.69, 9.17) is 4.74 Å². The lowest BCUT2D eigenvalue weighted by Crippen LogP contribution is -2.17. The molecule has 4 aromatic rings. The molecule has 3 N–H and O–H groups in total. The number of amides is 3. The number of aromatic nitrogens is 2. The smallest absolute Gasteiger partial charge is 0.257 e. The maximum atomic E-state index is 12.8. The molecule has 0 aliphatic rings. The molecule has 4 rings (SSSR count). The maximum Gasteiger partial charge on any atom is 0.257 e. The topological polar surface area (TPSA) is 122 Å². The lowest BCUT2D eigenvalue weighted by molar-refractivity contribution is -0.114. The van der Waals surface area contributed by atoms with Crippen molar-refractivity contribution in [2.75, 3.05) is 23.1 Å². The van der Waals surface area contributed by atoms with Crippen molar-refractivity contribution >= 4 is 45.6 Å². The summed E-state index contributed by atoms with van der Waals surface area (Å²) in [6.45, 7) is 1.37. The summed E-state index contributed by atoms with van der Waals surface area (Å²) in [5.41, 5.74) is 2.32. The first kappa shape index (κ1) is 23.6. The molecule has 0 unspecified atom stereocenters. The number of carbonyl (C=O) groups is 3. The Balaban J connectivity index is 1.45. The van der Waals surface area contributed by atoms with E-state index >= 15 is 0 Å². The molecule has 0 atom stereocenters. The third-order valence-corrected chi connectivity index (χ3v) is 5.74. The number of hydrogen-bond donors (Lipinski definition) is 3. The average molecular weight is 488 g/mol. The van der Waals surface area contributed by atoms with Crippen LogP contribution in [0, 0.1) is 0 Å². The van der Waals surface area contributed by atoms with Gasteiger partial charge in [0.25, 0.3) is 11.8 Å². The zero-order valence-electron chi connectivity index (χ0n) is 18.9. The number of carbonyl (C=O) groups excluding carboxylic acids is 3. The molecule has 3 amide bonds. The monoisotopic (exact) mass is 487 g/mol. The number of para-hydroxylation sites is 1. The minimum Gasteiger partial charge on any atom is -0.497 e. The van der Waals surface area contributed by atoms with Gasteiger partial charge in [-0.05, 0) is 54.6 Å². The lowest BCUT2D eigenvalue weighted by Gasteiger charge is -2.11. The van der Waals surface area contributed by atoms with Crippen LogP contribution < -0.4 is 20.7 Å². The number of anilines is 3. The molecule has 0 aliphatic carbocycles. The van der Waals surface area contributed by atoms with E-state index in [1.54, 1.807) is 55.6 Å². The largest absolute Gasteiger partial charge is 0.497 e. The number of hydrogen-bond acceptors (Lipinski definition) is 7. The molecule has 0 radical (unpaired) electrons. The molecule has 0 spiro atoms. The molecule has 0 fully saturated rings. The Morgan fingerprint density at radius 3 is 2.34 bits per heavy atom. The number of methoxy groups -OCH3 is 1. The van der Waals surface area contributed by atoms with Crippen LogP contribution in [0.4, 0.5) is 16.5 Å². The van der Waals surface area contributed by atoms with Crippen LogP contribution in [0.2, 0.25) is 0 Å². The van der Waals surface area contributed by atoms with Gasteiger partial charge in [0.05, 0.1) is 18.4 Å². The van der Waals surface area contributed by atoms with E-state index in [1.807, 2.05) is 24.3 Å². The van der Waals surface area contributed by atoms with Crippen LogP contribution in [0.3, 0.4) is 0 Å². The molecular formula is C25H21N5O4S. The summed E-state index contributed by atoms with van der Waals surface area (Å²) >= 11 is 1.24. The highest BCUT2D eigenvalue weighted by Crippen LogP contribution is 2.28. The van der Waals surface area contributed by atoms with Crippen molar-refractivity contribution in [3.05, 3.63) is 83.9 Å². The minimum atomic E-state index is -0.417. The second kappa shape index (κ2) is 10.6. The van der Waals surface area contributed by atoms with Crippen molar-refractivity contribution < 1.29 is 19.1 Å². The quantitative estimate of drug-likeness (QED) is 0.348. The zero-order chi connectivity index (χ0) is 24.8. The minimum absolute atomic E-state index is 0.282. The molecule has 0 aliphatic heterocycles. The number of rotatable bonds is 7. The van der Waals surface area contributed by atoms with Gasteiger partial charge in [-0.1, -0.05) is 29.5 Å². The van der Waals surface area contributed by atoms with Crippen molar-refractivity contribution in [3.63, 3.8) is 0 Å². The van der Waals surface area contributed by atoms with Gasteiger partial charge >= 0.3 is 0 Å². The number of ether oxygens (including phenoxy) is 1. The average Bonchev–Trinajstić information content (AvgIpc) is 3.32. The van der Waals surface area contributed by atoms with Gasteiger partial charge in [-0.25, -0.2) is 0 Å². The molecule has 10 heteroatoms. The fraction of sp³-hybridized carbons (Fsp3) is 0.0800. The van der Waals surface area contributed by atoms with Crippen LogP contribution in [0.1, 0.15) is 27.6 Å². The fourth-order valence-electron chi connectivity index (χ4n) is 3.21. The number of nitrogens with one attached hydrogen (secondary N) is 3. The Morgan fingerprint density at radius 2 is 1.60 bits per heavy atom. The Morgan fingerprint density at radius 1 is 0.829 bits per heavy atom. The molecule has 9 nitrogen and oxygen atoms in total. The van der Waals surface area contributed by atoms with E-state index < -0.39 is 11.8 Å². The van der Waals surface area contributed by atoms with Gasteiger partial charge in [0.2, 0.25) is 11.0 Å². The van der Waals surface area contributed by atoms with Crippen LogP contribution in [0.25, 0.3) is 10.6 Å². The van der Waals surface area contributed by atoms with Gasteiger partial charge in [0, 0.05) is 23.7 Å². The Kier molecular flexibility index (Phi) is 7.12. The van der Waals surface area contributed by atoms with Crippen molar-refractivity contribution in [3.8, 4) is 16.3 Å². The van der Waals surface area contributed by atoms with Crippen LogP contribution in [-0.2, 0) is 4.79 Å². The van der Waals surface area contributed by atoms with Crippen LogP contribution in [0.15, 0.2) is 72.8 Å². The summed E-state index contributed by atoms with van der Waals surface area (Å²) in [4.78, 5) is 37.0. The van der Waals surface area contributed by atoms with E-state index in [2.05, 4.69) is 26.1 Å². The predicted molar refractivity (Wildman–Crippen MR) is 135 cm³/mol. The van der Waals surface area contributed by atoms with E-state index in [0.717, 1.165) is 11.3 Å². The highest BCUT2D eigenvalue weighted by atomic mass is 32.1. The van der Waals surface area contributed by atoms with Gasteiger partial charge in [-0.2, -0.15) is 0 Å². The predicted octanol–water partition coefficient (Wildman–Crippen LogP) is 4.68. The van der Waals surface area contributed by atoms with E-state index in [1.165, 1.54) is 18.3 Å². The molecule has 0 bridgehead atoms. The van der Waals surface area contributed by atoms with E-state index in [0.29, 0.717) is 32.6 Å². The molecule has 1 heterocycles. The first-order valence-corrected chi connectivity index (χ1v) is 11.3. The molecule has 1 aromatic heterocycles. The van der Waals surface area contributed by atoms with Gasteiger partial charge in [-0.15, -0.1) is 10.2 Å². The summed E-state index contributed by atoms with van der Waals surface area (Å²) in [5.74, 6) is -0.356. The van der Waals surface area contributed by atoms with Crippen LogP contribution in [-0.4, -0.2) is 35.0 Å². The van der Waals surface area contributed by atoms with Crippen molar-refractivity contribution in [1.29, 1.82) is 0 Å². The SMILES string of the molecule is COc1ccc(-c2nnc(NC(=O)c3cccc(NC(=O)c4ccccc4NC(C)=O)c3)s2)cc1. The Bertz CT molecular complexity index is 1380. The second-order valence-corrected chi connectivity index (χ2v) is 8.33. The summed E-state index contributed by atoms with van der Waals surface area (Å²) in [6, 6.07) is 20.5. The van der Waals surface area contributed by atoms with Gasteiger partial charge < -0.3 is 15.4 Å². The fourth-order valence-corrected chi connectivity index (χ4v) is 3.95. The first-order chi connectivity index (χ1) is 16.9. The Hall–Kier alpha value is -4.57. The van der Waals surface area contributed by atoms with E-state index in [-0.39, 0.29) is 5.91 Å². The summed E-state index contributed by atoms with van der Waals surface area (Å²) in [6.07, 6.45) is 0. The van der Waals surface area contributed by atoms with Crippen molar-refractivity contribution in [1.82, 2.24) is 10.2 Å². The normalized spacial score (nSPS) is 10.3. The van der Waals surface area contributed by atoms with Crippen molar-refractivity contribution in [2.24, 2.45) is 0 Å². The van der Waals surface area contributed by atoms with Crippen LogP contribution in [0.5, 0.6) is 5.75 Å².